The third kappa shape index (κ3) is 2.17. The lowest BCUT2D eigenvalue weighted by Crippen LogP contribution is -1.70. The fourth-order valence-electron chi connectivity index (χ4n) is 3.46. The summed E-state index contributed by atoms with van der Waals surface area (Å²) in [5.41, 5.74) is 0. The average molecular weight is 373 g/mol. The van der Waals surface area contributed by atoms with Crippen molar-refractivity contribution in [3.05, 3.63) is 72.1 Å². The summed E-state index contributed by atoms with van der Waals surface area (Å²) in [6, 6.07) is 24.8. The number of hydrogen-bond acceptors (Lipinski definition) is 3. The molecule has 0 aliphatic heterocycles. The largest absolute Gasteiger partial charge is 0.144 e. The molecule has 0 aliphatic carbocycles. The van der Waals surface area contributed by atoms with Crippen LogP contribution in [0.4, 0.5) is 0 Å². The van der Waals surface area contributed by atoms with E-state index < -0.39 is 0 Å². The van der Waals surface area contributed by atoms with Crippen LogP contribution in [0.25, 0.3) is 50.8 Å². The van der Waals surface area contributed by atoms with Crippen LogP contribution in [-0.2, 0) is 0 Å². The molecule has 3 aromatic carbocycles. The van der Waals surface area contributed by atoms with Crippen LogP contribution in [0.2, 0.25) is 0 Å². The lowest BCUT2D eigenvalue weighted by molar-refractivity contribution is 1.81. The Kier molecular flexibility index (Phi) is 2.89. The van der Waals surface area contributed by atoms with E-state index in [1.165, 1.54) is 50.8 Å². The van der Waals surface area contributed by atoms with Crippen LogP contribution in [0.15, 0.2) is 72.1 Å². The minimum absolute atomic E-state index is 1.32. The molecule has 118 valence electrons. The number of rotatable bonds is 1. The highest BCUT2D eigenvalue weighted by Crippen LogP contribution is 2.42. The van der Waals surface area contributed by atoms with E-state index in [-0.39, 0.29) is 0 Å². The van der Waals surface area contributed by atoms with Crippen molar-refractivity contribution in [2.45, 2.75) is 0 Å². The molecule has 0 radical (unpaired) electrons. The first-order chi connectivity index (χ1) is 12.3. The molecule has 0 spiro atoms. The van der Waals surface area contributed by atoms with E-state index in [2.05, 4.69) is 72.1 Å². The summed E-state index contributed by atoms with van der Waals surface area (Å²) in [6.07, 6.45) is 0. The van der Waals surface area contributed by atoms with Gasteiger partial charge in [-0.25, -0.2) is 0 Å². The van der Waals surface area contributed by atoms with E-state index in [1.807, 2.05) is 34.0 Å². The minimum Gasteiger partial charge on any atom is -0.144 e. The summed E-state index contributed by atoms with van der Waals surface area (Å²) in [4.78, 5) is 2.74. The maximum Gasteiger partial charge on any atom is 0.0455 e. The first-order valence-electron chi connectivity index (χ1n) is 8.17. The molecular formula is C22H12S3. The Morgan fingerprint density at radius 1 is 0.480 bits per heavy atom. The smallest absolute Gasteiger partial charge is 0.0455 e. The first-order valence-corrected chi connectivity index (χ1v) is 10.7. The predicted octanol–water partition coefficient (Wildman–Crippen LogP) is 8.15. The van der Waals surface area contributed by atoms with Gasteiger partial charge in [-0.15, -0.1) is 34.0 Å². The van der Waals surface area contributed by atoms with Crippen molar-refractivity contribution in [1.82, 2.24) is 0 Å². The molecule has 25 heavy (non-hydrogen) atoms. The SMILES string of the molecule is c1ccc2cc3sc(-c4cc5cc6sccc6cc5s4)cc3cc2c1. The Hall–Kier alpha value is -2.20. The molecule has 3 heterocycles. The molecular weight excluding hydrogens is 360 g/mol. The second-order valence-corrected chi connectivity index (χ2v) is 9.42. The zero-order chi connectivity index (χ0) is 16.4. The van der Waals surface area contributed by atoms with Gasteiger partial charge in [0.1, 0.15) is 0 Å². The summed E-state index contributed by atoms with van der Waals surface area (Å²) in [5, 5.41) is 8.87. The van der Waals surface area contributed by atoms with Gasteiger partial charge in [0.05, 0.1) is 0 Å². The highest BCUT2D eigenvalue weighted by atomic mass is 32.1. The summed E-state index contributed by atoms with van der Waals surface area (Å²) in [7, 11) is 0. The van der Waals surface area contributed by atoms with E-state index in [1.54, 1.807) is 0 Å². The Morgan fingerprint density at radius 2 is 1.08 bits per heavy atom. The molecule has 3 heteroatoms. The van der Waals surface area contributed by atoms with Crippen LogP contribution >= 0.6 is 34.0 Å². The molecule has 0 nitrogen and oxygen atoms in total. The quantitative estimate of drug-likeness (QED) is 0.273. The van der Waals surface area contributed by atoms with Crippen molar-refractivity contribution in [2.75, 3.05) is 0 Å². The third-order valence-corrected chi connectivity index (χ3v) is 7.99. The second-order valence-electron chi connectivity index (χ2n) is 6.31. The number of benzene rings is 3. The van der Waals surface area contributed by atoms with E-state index in [4.69, 9.17) is 0 Å². The molecule has 3 aromatic heterocycles. The standard InChI is InChI=1S/C22H12S3/c1-2-4-14-8-19-16(7-13(14)3-1)11-21(24-19)22-12-17-10-18-15(5-6-23-18)9-20(17)25-22/h1-12H. The zero-order valence-electron chi connectivity index (χ0n) is 13.2. The third-order valence-electron chi connectivity index (χ3n) is 4.72. The molecule has 0 aliphatic rings. The van der Waals surface area contributed by atoms with Gasteiger partial charge in [0, 0.05) is 23.9 Å². The van der Waals surface area contributed by atoms with Crippen LogP contribution in [-0.4, -0.2) is 0 Å². The molecule has 0 saturated carbocycles. The van der Waals surface area contributed by atoms with Gasteiger partial charge in [0.15, 0.2) is 0 Å². The monoisotopic (exact) mass is 372 g/mol. The van der Waals surface area contributed by atoms with Crippen molar-refractivity contribution in [1.29, 1.82) is 0 Å². The summed E-state index contributed by atoms with van der Waals surface area (Å²) in [6.45, 7) is 0. The Labute approximate surface area is 156 Å². The van der Waals surface area contributed by atoms with Gasteiger partial charge in [0.2, 0.25) is 0 Å². The van der Waals surface area contributed by atoms with Gasteiger partial charge in [-0.2, -0.15) is 0 Å². The van der Waals surface area contributed by atoms with Gasteiger partial charge < -0.3 is 0 Å². The number of hydrogen-bond donors (Lipinski definition) is 0. The van der Waals surface area contributed by atoms with Gasteiger partial charge >= 0.3 is 0 Å². The molecule has 0 unspecified atom stereocenters. The van der Waals surface area contributed by atoms with Crippen molar-refractivity contribution >= 4 is 75.0 Å². The molecule has 0 N–H and O–H groups in total. The molecule has 0 fully saturated rings. The molecule has 0 atom stereocenters. The molecule has 0 bridgehead atoms. The molecule has 0 amide bonds. The number of fused-ring (bicyclic) bond motifs is 4. The van der Waals surface area contributed by atoms with Gasteiger partial charge in [0.25, 0.3) is 0 Å². The summed E-state index contributed by atoms with van der Waals surface area (Å²) < 4.78 is 4.12. The maximum atomic E-state index is 2.35. The lowest BCUT2D eigenvalue weighted by Gasteiger charge is -1.96. The summed E-state index contributed by atoms with van der Waals surface area (Å²) >= 11 is 5.62. The van der Waals surface area contributed by atoms with Crippen LogP contribution in [0, 0.1) is 0 Å². The van der Waals surface area contributed by atoms with Crippen LogP contribution in [0.1, 0.15) is 0 Å². The normalized spacial score (nSPS) is 12.0. The van der Waals surface area contributed by atoms with Crippen LogP contribution < -0.4 is 0 Å². The molecule has 6 aromatic rings. The highest BCUT2D eigenvalue weighted by Gasteiger charge is 2.10. The highest BCUT2D eigenvalue weighted by molar-refractivity contribution is 7.28. The van der Waals surface area contributed by atoms with Crippen molar-refractivity contribution in [2.24, 2.45) is 0 Å². The molecule has 6 rings (SSSR count). The second kappa shape index (κ2) is 5.15. The molecule has 0 saturated heterocycles. The topological polar surface area (TPSA) is 0 Å². The van der Waals surface area contributed by atoms with Gasteiger partial charge in [-0.05, 0) is 74.8 Å². The van der Waals surface area contributed by atoms with Gasteiger partial charge in [-0.3, -0.25) is 0 Å². The fraction of sp³-hybridized carbons (Fsp3) is 0. The maximum absolute atomic E-state index is 2.35. The van der Waals surface area contributed by atoms with Crippen LogP contribution in [0.5, 0.6) is 0 Å². The van der Waals surface area contributed by atoms with E-state index in [0.29, 0.717) is 0 Å². The van der Waals surface area contributed by atoms with E-state index >= 15 is 0 Å². The lowest BCUT2D eigenvalue weighted by atomic mass is 10.1. The van der Waals surface area contributed by atoms with E-state index in [9.17, 15) is 0 Å². The Morgan fingerprint density at radius 3 is 1.84 bits per heavy atom. The zero-order valence-corrected chi connectivity index (χ0v) is 15.6. The van der Waals surface area contributed by atoms with Crippen molar-refractivity contribution in [3.8, 4) is 9.75 Å². The van der Waals surface area contributed by atoms with E-state index in [0.717, 1.165) is 0 Å². The van der Waals surface area contributed by atoms with Gasteiger partial charge in [-0.1, -0.05) is 24.3 Å². The fourth-order valence-corrected chi connectivity index (χ4v) is 6.54. The minimum atomic E-state index is 1.32. The Bertz CT molecular complexity index is 1290. The van der Waals surface area contributed by atoms with Crippen molar-refractivity contribution in [3.63, 3.8) is 0 Å². The predicted molar refractivity (Wildman–Crippen MR) is 116 cm³/mol. The van der Waals surface area contributed by atoms with Crippen LogP contribution in [0.3, 0.4) is 0 Å². The summed E-state index contributed by atoms with van der Waals surface area (Å²) in [5.74, 6) is 0. The first kappa shape index (κ1) is 14.0. The average Bonchev–Trinajstić information content (AvgIpc) is 3.33. The van der Waals surface area contributed by atoms with Crippen molar-refractivity contribution < 1.29 is 0 Å². The number of thiophene rings is 3. The Balaban J connectivity index is 1.57.